The van der Waals surface area contributed by atoms with Gasteiger partial charge in [-0.3, -0.25) is 4.79 Å². The standard InChI is InChI=1S/C16H30O3Si/c1-12-8-9-14(15(3,4)18)16(12,11-10-13(2)17)19-20(5,6)7/h10-12,14,18H,8-9H2,1-7H3. The summed E-state index contributed by atoms with van der Waals surface area (Å²) in [5, 5.41) is 10.5. The van der Waals surface area contributed by atoms with Crippen molar-refractivity contribution < 1.29 is 14.3 Å². The van der Waals surface area contributed by atoms with Gasteiger partial charge in [-0.1, -0.05) is 6.92 Å². The fraction of sp³-hybridized carbons (Fsp3) is 0.812. The summed E-state index contributed by atoms with van der Waals surface area (Å²) in [5.41, 5.74) is -1.33. The Bertz CT molecular complexity index is 390. The third kappa shape index (κ3) is 4.03. The van der Waals surface area contributed by atoms with E-state index >= 15 is 0 Å². The molecule has 0 bridgehead atoms. The van der Waals surface area contributed by atoms with Crippen LogP contribution in [0.3, 0.4) is 0 Å². The zero-order chi connectivity index (χ0) is 15.8. The van der Waals surface area contributed by atoms with Crippen LogP contribution in [0.15, 0.2) is 12.2 Å². The molecule has 0 amide bonds. The molecule has 1 fully saturated rings. The van der Waals surface area contributed by atoms with Crippen molar-refractivity contribution in [2.75, 3.05) is 0 Å². The number of ketones is 1. The molecule has 0 radical (unpaired) electrons. The van der Waals surface area contributed by atoms with Crippen LogP contribution in [0.4, 0.5) is 0 Å². The zero-order valence-corrected chi connectivity index (χ0v) is 15.0. The van der Waals surface area contributed by atoms with Crippen LogP contribution in [0.25, 0.3) is 0 Å². The SMILES string of the molecule is CC(=O)C=CC1(O[Si](C)(C)C)C(C)CCC1C(C)(C)O. The Morgan fingerprint density at radius 2 is 1.90 bits per heavy atom. The lowest BCUT2D eigenvalue weighted by atomic mass is 9.76. The van der Waals surface area contributed by atoms with Crippen LogP contribution >= 0.6 is 0 Å². The van der Waals surface area contributed by atoms with E-state index < -0.39 is 19.5 Å². The summed E-state index contributed by atoms with van der Waals surface area (Å²) in [4.78, 5) is 11.4. The highest BCUT2D eigenvalue weighted by Gasteiger charge is 2.54. The molecule has 20 heavy (non-hydrogen) atoms. The Morgan fingerprint density at radius 3 is 2.30 bits per heavy atom. The maximum absolute atomic E-state index is 11.4. The van der Waals surface area contributed by atoms with Crippen LogP contribution in [0.1, 0.15) is 40.5 Å². The molecule has 1 aliphatic carbocycles. The first-order chi connectivity index (χ1) is 8.88. The van der Waals surface area contributed by atoms with Gasteiger partial charge >= 0.3 is 0 Å². The molecule has 0 aliphatic heterocycles. The molecule has 0 heterocycles. The van der Waals surface area contributed by atoms with Gasteiger partial charge in [-0.05, 0) is 71.3 Å². The summed E-state index contributed by atoms with van der Waals surface area (Å²) in [6, 6.07) is 0. The van der Waals surface area contributed by atoms with Gasteiger partial charge in [-0.2, -0.15) is 0 Å². The number of hydrogen-bond acceptors (Lipinski definition) is 3. The van der Waals surface area contributed by atoms with Crippen molar-refractivity contribution in [3.8, 4) is 0 Å². The maximum atomic E-state index is 11.4. The fourth-order valence-electron chi connectivity index (χ4n) is 3.38. The van der Waals surface area contributed by atoms with Crippen molar-refractivity contribution in [1.29, 1.82) is 0 Å². The van der Waals surface area contributed by atoms with Gasteiger partial charge in [0.25, 0.3) is 0 Å². The Kier molecular flexibility index (Phi) is 5.05. The lowest BCUT2D eigenvalue weighted by Crippen LogP contribution is -2.53. The third-order valence-electron chi connectivity index (χ3n) is 4.12. The van der Waals surface area contributed by atoms with Crippen LogP contribution in [0.2, 0.25) is 19.6 Å². The van der Waals surface area contributed by atoms with Crippen molar-refractivity contribution in [2.24, 2.45) is 11.8 Å². The van der Waals surface area contributed by atoms with Crippen molar-refractivity contribution >= 4 is 14.1 Å². The topological polar surface area (TPSA) is 46.5 Å². The van der Waals surface area contributed by atoms with E-state index in [1.807, 2.05) is 19.9 Å². The van der Waals surface area contributed by atoms with E-state index in [2.05, 4.69) is 26.6 Å². The molecule has 3 nitrogen and oxygen atoms in total. The summed E-state index contributed by atoms with van der Waals surface area (Å²) in [6.45, 7) is 13.9. The normalized spacial score (nSPS) is 32.0. The van der Waals surface area contributed by atoms with Gasteiger partial charge in [0.05, 0.1) is 11.2 Å². The molecule has 116 valence electrons. The summed E-state index contributed by atoms with van der Waals surface area (Å²) >= 11 is 0. The van der Waals surface area contributed by atoms with Crippen molar-refractivity contribution in [1.82, 2.24) is 0 Å². The largest absolute Gasteiger partial charge is 0.408 e. The van der Waals surface area contributed by atoms with Crippen LogP contribution in [-0.2, 0) is 9.22 Å². The second-order valence-corrected chi connectivity index (χ2v) is 12.1. The first-order valence-corrected chi connectivity index (χ1v) is 10.9. The average Bonchev–Trinajstić information content (AvgIpc) is 2.51. The predicted octanol–water partition coefficient (Wildman–Crippen LogP) is 3.54. The van der Waals surface area contributed by atoms with Gasteiger partial charge in [0, 0.05) is 5.92 Å². The highest BCUT2D eigenvalue weighted by atomic mass is 28.4. The average molecular weight is 298 g/mol. The number of hydrogen-bond donors (Lipinski definition) is 1. The van der Waals surface area contributed by atoms with Gasteiger partial charge in [-0.25, -0.2) is 0 Å². The van der Waals surface area contributed by atoms with E-state index in [0.29, 0.717) is 5.92 Å². The monoisotopic (exact) mass is 298 g/mol. The Hall–Kier alpha value is -0.453. The molecule has 0 saturated heterocycles. The van der Waals surface area contributed by atoms with Crippen LogP contribution in [-0.4, -0.2) is 30.4 Å². The highest BCUT2D eigenvalue weighted by molar-refractivity contribution is 6.69. The molecule has 0 spiro atoms. The van der Waals surface area contributed by atoms with Gasteiger partial charge in [-0.15, -0.1) is 0 Å². The smallest absolute Gasteiger partial charge is 0.184 e. The fourth-order valence-corrected chi connectivity index (χ4v) is 4.85. The van der Waals surface area contributed by atoms with Crippen molar-refractivity contribution in [3.05, 3.63) is 12.2 Å². The van der Waals surface area contributed by atoms with E-state index in [1.165, 1.54) is 0 Å². The van der Waals surface area contributed by atoms with Gasteiger partial charge < -0.3 is 9.53 Å². The van der Waals surface area contributed by atoms with Crippen molar-refractivity contribution in [3.63, 3.8) is 0 Å². The Morgan fingerprint density at radius 1 is 1.35 bits per heavy atom. The third-order valence-corrected chi connectivity index (χ3v) is 5.08. The number of allylic oxidation sites excluding steroid dienone is 1. The predicted molar refractivity (Wildman–Crippen MR) is 85.2 cm³/mol. The number of aliphatic hydroxyl groups is 1. The summed E-state index contributed by atoms with van der Waals surface area (Å²) in [6.07, 6.45) is 5.48. The van der Waals surface area contributed by atoms with E-state index in [-0.39, 0.29) is 11.7 Å². The van der Waals surface area contributed by atoms with E-state index in [1.54, 1.807) is 13.0 Å². The lowest BCUT2D eigenvalue weighted by molar-refractivity contribution is -0.113. The van der Waals surface area contributed by atoms with E-state index in [9.17, 15) is 9.90 Å². The van der Waals surface area contributed by atoms with Crippen LogP contribution in [0.5, 0.6) is 0 Å². The molecule has 1 rings (SSSR count). The number of carbonyl (C=O) groups excluding carboxylic acids is 1. The van der Waals surface area contributed by atoms with Crippen LogP contribution in [0, 0.1) is 11.8 Å². The maximum Gasteiger partial charge on any atom is 0.184 e. The lowest BCUT2D eigenvalue weighted by Gasteiger charge is -2.45. The second-order valence-electron chi connectivity index (χ2n) is 7.70. The molecule has 1 N–H and O–H groups in total. The van der Waals surface area contributed by atoms with Crippen LogP contribution < -0.4 is 0 Å². The summed E-state index contributed by atoms with van der Waals surface area (Å²) < 4.78 is 6.53. The minimum Gasteiger partial charge on any atom is -0.408 e. The first kappa shape index (κ1) is 17.6. The number of carbonyl (C=O) groups is 1. The molecule has 1 aliphatic rings. The summed E-state index contributed by atoms with van der Waals surface area (Å²) in [7, 11) is -1.80. The summed E-state index contributed by atoms with van der Waals surface area (Å²) in [5.74, 6) is 0.353. The second kappa shape index (κ2) is 5.74. The Balaban J connectivity index is 3.28. The highest BCUT2D eigenvalue weighted by Crippen LogP contribution is 2.50. The number of rotatable bonds is 5. The van der Waals surface area contributed by atoms with Crippen molar-refractivity contribution in [2.45, 2.75) is 71.4 Å². The first-order valence-electron chi connectivity index (χ1n) is 7.51. The molecular formula is C16H30O3Si. The van der Waals surface area contributed by atoms with E-state index in [4.69, 9.17) is 4.43 Å². The molecule has 4 heteroatoms. The molecule has 0 aromatic heterocycles. The molecule has 0 aromatic carbocycles. The minimum atomic E-state index is -1.80. The minimum absolute atomic E-state index is 0.0207. The molecular weight excluding hydrogens is 268 g/mol. The van der Waals surface area contributed by atoms with Gasteiger partial charge in [0.2, 0.25) is 0 Å². The van der Waals surface area contributed by atoms with E-state index in [0.717, 1.165) is 12.8 Å². The molecule has 1 saturated carbocycles. The Labute approximate surface area is 124 Å². The molecule has 0 aromatic rings. The molecule has 3 atom stereocenters. The molecule has 3 unspecified atom stereocenters. The van der Waals surface area contributed by atoms with Gasteiger partial charge in [0.1, 0.15) is 0 Å². The zero-order valence-electron chi connectivity index (χ0n) is 14.0. The van der Waals surface area contributed by atoms with Gasteiger partial charge in [0.15, 0.2) is 14.1 Å². The quantitative estimate of drug-likeness (QED) is 0.624.